The average molecular weight is 438 g/mol. The van der Waals surface area contributed by atoms with E-state index in [-0.39, 0.29) is 5.91 Å². The Balaban J connectivity index is 1.49. The number of fused-ring (bicyclic) bond motifs is 1. The molecule has 4 nitrogen and oxygen atoms in total. The highest BCUT2D eigenvalue weighted by Crippen LogP contribution is 2.24. The SMILES string of the molecule is O=C(Cc1ccccc1)NCCc1nc2ccccc2n1Cc1ccc(Cl)cc1Cl. The van der Waals surface area contributed by atoms with E-state index in [1.54, 1.807) is 6.07 Å². The zero-order chi connectivity index (χ0) is 20.9. The molecule has 1 aromatic heterocycles. The molecule has 0 aliphatic carbocycles. The first-order valence-electron chi connectivity index (χ1n) is 9.79. The number of amides is 1. The fourth-order valence-corrected chi connectivity index (χ4v) is 3.94. The molecule has 0 aliphatic rings. The highest BCUT2D eigenvalue weighted by molar-refractivity contribution is 6.35. The number of nitrogens with zero attached hydrogens (tertiary/aromatic N) is 2. The van der Waals surface area contributed by atoms with E-state index in [2.05, 4.69) is 9.88 Å². The van der Waals surface area contributed by atoms with Crippen molar-refractivity contribution in [1.29, 1.82) is 0 Å². The van der Waals surface area contributed by atoms with Crippen LogP contribution in [0, 0.1) is 0 Å². The van der Waals surface area contributed by atoms with Crippen LogP contribution < -0.4 is 5.32 Å². The number of imidazole rings is 1. The Labute approximate surface area is 185 Å². The maximum absolute atomic E-state index is 12.3. The smallest absolute Gasteiger partial charge is 0.224 e. The number of aromatic nitrogens is 2. The molecule has 30 heavy (non-hydrogen) atoms. The van der Waals surface area contributed by atoms with Gasteiger partial charge >= 0.3 is 0 Å². The molecule has 1 heterocycles. The summed E-state index contributed by atoms with van der Waals surface area (Å²) in [4.78, 5) is 17.0. The van der Waals surface area contributed by atoms with Gasteiger partial charge in [0.15, 0.2) is 0 Å². The highest BCUT2D eigenvalue weighted by Gasteiger charge is 2.13. The van der Waals surface area contributed by atoms with Gasteiger partial charge in [-0.25, -0.2) is 4.98 Å². The number of rotatable bonds is 7. The Morgan fingerprint density at radius 1 is 0.967 bits per heavy atom. The predicted molar refractivity (Wildman–Crippen MR) is 122 cm³/mol. The maximum Gasteiger partial charge on any atom is 0.224 e. The molecule has 4 aromatic rings. The molecule has 6 heteroatoms. The molecule has 0 aliphatic heterocycles. The third-order valence-electron chi connectivity index (χ3n) is 4.96. The summed E-state index contributed by atoms with van der Waals surface area (Å²) in [6.45, 7) is 1.10. The van der Waals surface area contributed by atoms with Crippen molar-refractivity contribution in [1.82, 2.24) is 14.9 Å². The Bertz CT molecular complexity index is 1170. The topological polar surface area (TPSA) is 46.9 Å². The maximum atomic E-state index is 12.3. The number of hydrogen-bond donors (Lipinski definition) is 1. The lowest BCUT2D eigenvalue weighted by atomic mass is 10.1. The molecule has 0 unspecified atom stereocenters. The minimum absolute atomic E-state index is 0.00427. The van der Waals surface area contributed by atoms with Crippen LogP contribution in [0.15, 0.2) is 72.8 Å². The Kier molecular flexibility index (Phi) is 6.36. The minimum Gasteiger partial charge on any atom is -0.355 e. The van der Waals surface area contributed by atoms with Crippen LogP contribution in [-0.4, -0.2) is 22.0 Å². The second-order valence-corrected chi connectivity index (χ2v) is 7.94. The summed E-state index contributed by atoms with van der Waals surface area (Å²) in [5, 5.41) is 4.24. The van der Waals surface area contributed by atoms with Crippen molar-refractivity contribution in [2.24, 2.45) is 0 Å². The van der Waals surface area contributed by atoms with Gasteiger partial charge in [0.25, 0.3) is 0 Å². The van der Waals surface area contributed by atoms with Crippen molar-refractivity contribution in [2.45, 2.75) is 19.4 Å². The van der Waals surface area contributed by atoms with E-state index in [9.17, 15) is 4.79 Å². The van der Waals surface area contributed by atoms with Crippen molar-refractivity contribution in [2.75, 3.05) is 6.54 Å². The molecule has 1 amide bonds. The largest absolute Gasteiger partial charge is 0.355 e. The summed E-state index contributed by atoms with van der Waals surface area (Å²) in [6, 6.07) is 23.3. The molecule has 3 aromatic carbocycles. The predicted octanol–water partition coefficient (Wildman–Crippen LogP) is 5.29. The molecule has 4 rings (SSSR count). The molecule has 152 valence electrons. The van der Waals surface area contributed by atoms with Gasteiger partial charge < -0.3 is 9.88 Å². The number of halogens is 2. The Hall–Kier alpha value is -2.82. The highest BCUT2D eigenvalue weighted by atomic mass is 35.5. The van der Waals surface area contributed by atoms with Crippen molar-refractivity contribution in [3.63, 3.8) is 0 Å². The summed E-state index contributed by atoms with van der Waals surface area (Å²) in [5.41, 5.74) is 3.93. The lowest BCUT2D eigenvalue weighted by Gasteiger charge is -2.12. The van der Waals surface area contributed by atoms with Crippen LogP contribution in [0.4, 0.5) is 0 Å². The lowest BCUT2D eigenvalue weighted by Crippen LogP contribution is -2.28. The van der Waals surface area contributed by atoms with Crippen molar-refractivity contribution in [3.8, 4) is 0 Å². The van der Waals surface area contributed by atoms with Crippen LogP contribution in [0.25, 0.3) is 11.0 Å². The number of hydrogen-bond acceptors (Lipinski definition) is 2. The van der Waals surface area contributed by atoms with Crippen LogP contribution in [0.2, 0.25) is 10.0 Å². The second kappa shape index (κ2) is 9.33. The molecule has 0 saturated heterocycles. The average Bonchev–Trinajstić information content (AvgIpc) is 3.08. The quantitative estimate of drug-likeness (QED) is 0.426. The first-order valence-corrected chi connectivity index (χ1v) is 10.5. The number of para-hydroxylation sites is 2. The number of nitrogens with one attached hydrogen (secondary N) is 1. The molecule has 0 saturated carbocycles. The number of benzene rings is 3. The van der Waals surface area contributed by atoms with E-state index >= 15 is 0 Å². The normalized spacial score (nSPS) is 11.0. The Morgan fingerprint density at radius 2 is 1.73 bits per heavy atom. The molecule has 0 fully saturated rings. The van der Waals surface area contributed by atoms with E-state index in [0.717, 1.165) is 28.0 Å². The van der Waals surface area contributed by atoms with E-state index in [1.165, 1.54) is 0 Å². The van der Waals surface area contributed by atoms with Crippen molar-refractivity contribution >= 4 is 40.1 Å². The van der Waals surface area contributed by atoms with E-state index in [0.29, 0.717) is 36.0 Å². The van der Waals surface area contributed by atoms with Crippen LogP contribution in [-0.2, 0) is 24.2 Å². The van der Waals surface area contributed by atoms with Crippen LogP contribution >= 0.6 is 23.2 Å². The van der Waals surface area contributed by atoms with E-state index < -0.39 is 0 Å². The van der Waals surface area contributed by atoms with Gasteiger partial charge in [-0.05, 0) is 35.4 Å². The van der Waals surface area contributed by atoms with Crippen LogP contribution in [0.1, 0.15) is 17.0 Å². The summed E-state index contributed by atoms with van der Waals surface area (Å²) in [5.74, 6) is 0.909. The minimum atomic E-state index is 0.00427. The second-order valence-electron chi connectivity index (χ2n) is 7.10. The number of carbonyl (C=O) groups is 1. The van der Waals surface area contributed by atoms with E-state index in [4.69, 9.17) is 28.2 Å². The Morgan fingerprint density at radius 3 is 2.53 bits per heavy atom. The first-order chi connectivity index (χ1) is 14.6. The first kappa shape index (κ1) is 20.5. The van der Waals surface area contributed by atoms with Gasteiger partial charge in [0, 0.05) is 23.0 Å². The van der Waals surface area contributed by atoms with Crippen molar-refractivity contribution < 1.29 is 4.79 Å². The van der Waals surface area contributed by atoms with Gasteiger partial charge in [0.2, 0.25) is 5.91 Å². The summed E-state index contributed by atoms with van der Waals surface area (Å²) in [6.07, 6.45) is 0.998. The van der Waals surface area contributed by atoms with Crippen LogP contribution in [0.3, 0.4) is 0 Å². The summed E-state index contributed by atoms with van der Waals surface area (Å²) < 4.78 is 2.15. The van der Waals surface area contributed by atoms with Gasteiger partial charge in [0.05, 0.1) is 24.0 Å². The van der Waals surface area contributed by atoms with Gasteiger partial charge in [0.1, 0.15) is 5.82 Å². The fraction of sp³-hybridized carbons (Fsp3) is 0.167. The monoisotopic (exact) mass is 437 g/mol. The molecule has 0 atom stereocenters. The fourth-order valence-electron chi connectivity index (χ4n) is 3.47. The number of carbonyl (C=O) groups excluding carboxylic acids is 1. The molecular formula is C24H21Cl2N3O. The molecular weight excluding hydrogens is 417 g/mol. The lowest BCUT2D eigenvalue weighted by molar-refractivity contribution is -0.120. The molecule has 0 radical (unpaired) electrons. The third-order valence-corrected chi connectivity index (χ3v) is 5.54. The summed E-state index contributed by atoms with van der Waals surface area (Å²) >= 11 is 12.4. The van der Waals surface area contributed by atoms with Gasteiger partial charge in [-0.1, -0.05) is 71.7 Å². The third kappa shape index (κ3) is 4.84. The zero-order valence-electron chi connectivity index (χ0n) is 16.3. The zero-order valence-corrected chi connectivity index (χ0v) is 17.8. The molecule has 0 spiro atoms. The van der Waals surface area contributed by atoms with Gasteiger partial charge in [-0.3, -0.25) is 4.79 Å². The molecule has 1 N–H and O–H groups in total. The van der Waals surface area contributed by atoms with Gasteiger partial charge in [-0.2, -0.15) is 0 Å². The van der Waals surface area contributed by atoms with Gasteiger partial charge in [-0.15, -0.1) is 0 Å². The van der Waals surface area contributed by atoms with E-state index in [1.807, 2.05) is 66.7 Å². The standard InChI is InChI=1S/C24H21Cl2N3O/c25-19-11-10-18(20(26)15-19)16-29-22-9-5-4-8-21(22)28-23(29)12-13-27-24(30)14-17-6-2-1-3-7-17/h1-11,15H,12-14,16H2,(H,27,30). The van der Waals surface area contributed by atoms with Crippen LogP contribution in [0.5, 0.6) is 0 Å². The van der Waals surface area contributed by atoms with Crippen molar-refractivity contribution in [3.05, 3.63) is 99.8 Å². The summed E-state index contributed by atoms with van der Waals surface area (Å²) in [7, 11) is 0. The molecule has 0 bridgehead atoms.